The normalized spacial score (nSPS) is 18.1. The SMILES string of the molecule is CCN(c1cc(C#N)cc(C(=O)NCc2c(C)cc(C)[nH]c2=O)c1C)C1CCC(N)CC1. The van der Waals surface area contributed by atoms with E-state index < -0.39 is 0 Å². The summed E-state index contributed by atoms with van der Waals surface area (Å²) >= 11 is 0. The molecule has 0 aliphatic heterocycles. The van der Waals surface area contributed by atoms with Crippen LogP contribution in [-0.2, 0) is 6.54 Å². The van der Waals surface area contributed by atoms with E-state index in [1.807, 2.05) is 32.9 Å². The zero-order valence-corrected chi connectivity index (χ0v) is 19.4. The van der Waals surface area contributed by atoms with E-state index in [9.17, 15) is 14.9 Å². The van der Waals surface area contributed by atoms with Gasteiger partial charge in [-0.25, -0.2) is 0 Å². The number of aryl methyl sites for hydroxylation is 2. The van der Waals surface area contributed by atoms with Crippen molar-refractivity contribution in [3.05, 3.63) is 62.1 Å². The lowest BCUT2D eigenvalue weighted by atomic mass is 9.89. The van der Waals surface area contributed by atoms with Crippen molar-refractivity contribution in [2.24, 2.45) is 5.73 Å². The Morgan fingerprint density at radius 3 is 2.50 bits per heavy atom. The molecule has 1 aromatic heterocycles. The average molecular weight is 436 g/mol. The van der Waals surface area contributed by atoms with Crippen LogP contribution in [0.4, 0.5) is 5.69 Å². The van der Waals surface area contributed by atoms with Crippen molar-refractivity contribution in [2.75, 3.05) is 11.4 Å². The van der Waals surface area contributed by atoms with Gasteiger partial charge in [-0.3, -0.25) is 9.59 Å². The predicted molar refractivity (Wildman–Crippen MR) is 127 cm³/mol. The highest BCUT2D eigenvalue weighted by atomic mass is 16.1. The first-order valence-electron chi connectivity index (χ1n) is 11.3. The average Bonchev–Trinajstić information content (AvgIpc) is 2.75. The number of pyridine rings is 1. The summed E-state index contributed by atoms with van der Waals surface area (Å²) < 4.78 is 0. The lowest BCUT2D eigenvalue weighted by molar-refractivity contribution is 0.0950. The summed E-state index contributed by atoms with van der Waals surface area (Å²) in [5.74, 6) is -0.290. The van der Waals surface area contributed by atoms with Gasteiger partial charge in [0.2, 0.25) is 0 Å². The largest absolute Gasteiger partial charge is 0.369 e. The number of amides is 1. The van der Waals surface area contributed by atoms with Crippen LogP contribution in [-0.4, -0.2) is 29.5 Å². The minimum Gasteiger partial charge on any atom is -0.369 e. The number of carbonyl (C=O) groups excluding carboxylic acids is 1. The monoisotopic (exact) mass is 435 g/mol. The number of aromatic nitrogens is 1. The van der Waals surface area contributed by atoms with Crippen LogP contribution in [0.3, 0.4) is 0 Å². The molecule has 0 radical (unpaired) electrons. The number of rotatable bonds is 6. The van der Waals surface area contributed by atoms with Gasteiger partial charge in [-0.05, 0) is 82.7 Å². The van der Waals surface area contributed by atoms with E-state index in [0.717, 1.165) is 54.7 Å². The standard InChI is InChI=1S/C25H33N5O2/c1-5-30(20-8-6-19(27)7-9-20)23-12-18(13-26)11-21(17(23)4)24(31)28-14-22-15(2)10-16(3)29-25(22)32/h10-12,19-20H,5-9,14,27H2,1-4H3,(H,28,31)(H,29,32). The maximum atomic E-state index is 13.1. The van der Waals surface area contributed by atoms with Crippen molar-refractivity contribution >= 4 is 11.6 Å². The second-order valence-electron chi connectivity index (χ2n) is 8.76. The minimum absolute atomic E-state index is 0.129. The lowest BCUT2D eigenvalue weighted by Crippen LogP contribution is -2.41. The van der Waals surface area contributed by atoms with Gasteiger partial charge in [-0.2, -0.15) is 5.26 Å². The van der Waals surface area contributed by atoms with Crippen LogP contribution in [0.25, 0.3) is 0 Å². The van der Waals surface area contributed by atoms with E-state index in [4.69, 9.17) is 5.73 Å². The van der Waals surface area contributed by atoms with Crippen molar-refractivity contribution in [3.8, 4) is 6.07 Å². The Bertz CT molecular complexity index is 1090. The van der Waals surface area contributed by atoms with Crippen molar-refractivity contribution in [1.29, 1.82) is 5.26 Å². The highest BCUT2D eigenvalue weighted by molar-refractivity contribution is 5.97. The number of nitriles is 1. The van der Waals surface area contributed by atoms with Gasteiger partial charge in [0.1, 0.15) is 0 Å². The smallest absolute Gasteiger partial charge is 0.253 e. The Morgan fingerprint density at radius 1 is 1.22 bits per heavy atom. The van der Waals surface area contributed by atoms with Crippen molar-refractivity contribution in [3.63, 3.8) is 0 Å². The van der Waals surface area contributed by atoms with Crippen molar-refractivity contribution in [1.82, 2.24) is 10.3 Å². The first-order valence-corrected chi connectivity index (χ1v) is 11.3. The fourth-order valence-corrected chi connectivity index (χ4v) is 4.70. The molecule has 1 fully saturated rings. The summed E-state index contributed by atoms with van der Waals surface area (Å²) in [6.07, 6.45) is 3.97. The molecule has 1 heterocycles. The number of anilines is 1. The van der Waals surface area contributed by atoms with Crippen LogP contribution in [0.5, 0.6) is 0 Å². The van der Waals surface area contributed by atoms with Crippen LogP contribution < -0.4 is 21.5 Å². The zero-order valence-electron chi connectivity index (χ0n) is 19.4. The van der Waals surface area contributed by atoms with E-state index in [1.54, 1.807) is 6.07 Å². The maximum Gasteiger partial charge on any atom is 0.253 e. The number of nitrogens with two attached hydrogens (primary N) is 1. The summed E-state index contributed by atoms with van der Waals surface area (Å²) in [7, 11) is 0. The number of nitrogens with one attached hydrogen (secondary N) is 2. The van der Waals surface area contributed by atoms with Crippen LogP contribution in [0, 0.1) is 32.1 Å². The number of carbonyl (C=O) groups is 1. The van der Waals surface area contributed by atoms with Gasteiger partial charge in [-0.15, -0.1) is 0 Å². The summed E-state index contributed by atoms with van der Waals surface area (Å²) in [4.78, 5) is 30.5. The second-order valence-corrected chi connectivity index (χ2v) is 8.76. The molecule has 1 aromatic carbocycles. The van der Waals surface area contributed by atoms with E-state index in [-0.39, 0.29) is 24.1 Å². The van der Waals surface area contributed by atoms with Crippen LogP contribution in [0.1, 0.15) is 70.9 Å². The van der Waals surface area contributed by atoms with Gasteiger partial charge in [0, 0.05) is 47.7 Å². The van der Waals surface area contributed by atoms with Gasteiger partial charge in [0.25, 0.3) is 11.5 Å². The van der Waals surface area contributed by atoms with Gasteiger partial charge < -0.3 is 20.9 Å². The molecule has 32 heavy (non-hydrogen) atoms. The zero-order chi connectivity index (χ0) is 23.4. The van der Waals surface area contributed by atoms with E-state index in [0.29, 0.717) is 22.7 Å². The van der Waals surface area contributed by atoms with Crippen LogP contribution in [0.15, 0.2) is 23.0 Å². The molecule has 1 aliphatic carbocycles. The van der Waals surface area contributed by atoms with Crippen LogP contribution >= 0.6 is 0 Å². The molecular formula is C25H33N5O2. The Morgan fingerprint density at radius 2 is 1.91 bits per heavy atom. The van der Waals surface area contributed by atoms with Gasteiger partial charge in [0.05, 0.1) is 11.6 Å². The van der Waals surface area contributed by atoms with Crippen LogP contribution in [0.2, 0.25) is 0 Å². The van der Waals surface area contributed by atoms with Gasteiger partial charge in [0.15, 0.2) is 0 Å². The lowest BCUT2D eigenvalue weighted by Gasteiger charge is -2.38. The molecule has 7 nitrogen and oxygen atoms in total. The second kappa shape index (κ2) is 10.0. The molecule has 0 saturated heterocycles. The van der Waals surface area contributed by atoms with E-state index in [1.165, 1.54) is 0 Å². The Labute approximate surface area is 189 Å². The molecule has 2 aromatic rings. The molecule has 1 saturated carbocycles. The molecule has 170 valence electrons. The topological polar surface area (TPSA) is 115 Å². The number of hydrogen-bond donors (Lipinski definition) is 3. The molecule has 0 atom stereocenters. The fourth-order valence-electron chi connectivity index (χ4n) is 4.70. The third kappa shape index (κ3) is 5.03. The molecule has 3 rings (SSSR count). The Hall–Kier alpha value is -3.11. The molecule has 0 bridgehead atoms. The first-order chi connectivity index (χ1) is 15.2. The third-order valence-electron chi connectivity index (χ3n) is 6.51. The molecule has 4 N–H and O–H groups in total. The summed E-state index contributed by atoms with van der Waals surface area (Å²) in [5.41, 5.74) is 10.7. The van der Waals surface area contributed by atoms with Gasteiger partial charge in [-0.1, -0.05) is 0 Å². The molecule has 0 spiro atoms. The highest BCUT2D eigenvalue weighted by Gasteiger charge is 2.26. The summed E-state index contributed by atoms with van der Waals surface area (Å²) in [6, 6.07) is 8.19. The maximum absolute atomic E-state index is 13.1. The third-order valence-corrected chi connectivity index (χ3v) is 6.51. The van der Waals surface area contributed by atoms with Gasteiger partial charge >= 0.3 is 0 Å². The molecule has 7 heteroatoms. The van der Waals surface area contributed by atoms with Crippen molar-refractivity contribution < 1.29 is 4.79 Å². The summed E-state index contributed by atoms with van der Waals surface area (Å²) in [5, 5.41) is 12.5. The fraction of sp³-hybridized carbons (Fsp3) is 0.480. The first kappa shape index (κ1) is 23.6. The highest BCUT2D eigenvalue weighted by Crippen LogP contribution is 2.31. The Balaban J connectivity index is 1.89. The molecule has 1 amide bonds. The number of aromatic amines is 1. The summed E-state index contributed by atoms with van der Waals surface area (Å²) in [6.45, 7) is 8.62. The van der Waals surface area contributed by atoms with E-state index in [2.05, 4.69) is 28.2 Å². The number of hydrogen-bond acceptors (Lipinski definition) is 5. The van der Waals surface area contributed by atoms with Crippen molar-refractivity contribution in [2.45, 2.75) is 72.0 Å². The molecule has 0 unspecified atom stereocenters. The number of benzene rings is 1. The predicted octanol–water partition coefficient (Wildman–Crippen LogP) is 3.20. The van der Waals surface area contributed by atoms with E-state index >= 15 is 0 Å². The molecular weight excluding hydrogens is 402 g/mol. The number of nitrogens with zero attached hydrogens (tertiary/aromatic N) is 2. The molecule has 1 aliphatic rings. The minimum atomic E-state index is -0.290. The Kier molecular flexibility index (Phi) is 7.37. The number of H-pyrrole nitrogens is 1. The quantitative estimate of drug-likeness (QED) is 0.644.